The molecule has 0 saturated carbocycles. The molecule has 0 atom stereocenters. The number of ether oxygens (including phenoxy) is 1. The number of benzene rings is 3. The van der Waals surface area contributed by atoms with Crippen LogP contribution in [0.3, 0.4) is 0 Å². The average Bonchev–Trinajstić information content (AvgIpc) is 2.82. The number of hydrogen-bond acceptors (Lipinski definition) is 5. The fourth-order valence-corrected chi connectivity index (χ4v) is 3.65. The Bertz CT molecular complexity index is 1180. The first-order chi connectivity index (χ1) is 16.3. The molecule has 0 bridgehead atoms. The normalized spacial score (nSPS) is 9.46. The van der Waals surface area contributed by atoms with Crippen molar-refractivity contribution in [2.24, 2.45) is 5.73 Å². The molecular formula is C28H31ClN4O2. The highest BCUT2D eigenvalue weighted by Crippen LogP contribution is 2.17. The SMILES string of the molecule is Cc1cc(C#N)cc(C)c1CN.Cc1cc(C#N)cc(C)c1CNC(=O)OCc1ccccc1.Cl. The molecule has 0 unspecified atom stereocenters. The van der Waals surface area contributed by atoms with Gasteiger partial charge >= 0.3 is 6.09 Å². The second kappa shape index (κ2) is 14.4. The summed E-state index contributed by atoms with van der Waals surface area (Å²) in [6.45, 7) is 9.00. The largest absolute Gasteiger partial charge is 0.445 e. The summed E-state index contributed by atoms with van der Waals surface area (Å²) in [5.74, 6) is 0. The van der Waals surface area contributed by atoms with Crippen molar-refractivity contribution in [3.05, 3.63) is 105 Å². The molecule has 3 rings (SSSR count). The number of nitriles is 2. The molecule has 3 aromatic carbocycles. The van der Waals surface area contributed by atoms with Gasteiger partial charge in [0.05, 0.1) is 23.3 Å². The van der Waals surface area contributed by atoms with Gasteiger partial charge in [0.15, 0.2) is 0 Å². The predicted octanol–water partition coefficient (Wildman–Crippen LogP) is 5.66. The summed E-state index contributed by atoms with van der Waals surface area (Å²) < 4.78 is 5.17. The lowest BCUT2D eigenvalue weighted by Gasteiger charge is -2.12. The van der Waals surface area contributed by atoms with E-state index < -0.39 is 6.09 Å². The van der Waals surface area contributed by atoms with Crippen molar-refractivity contribution in [3.63, 3.8) is 0 Å². The van der Waals surface area contributed by atoms with E-state index in [4.69, 9.17) is 21.0 Å². The van der Waals surface area contributed by atoms with Gasteiger partial charge in [-0.05, 0) is 90.9 Å². The molecule has 0 spiro atoms. The zero-order chi connectivity index (χ0) is 25.1. The van der Waals surface area contributed by atoms with Crippen LogP contribution in [-0.4, -0.2) is 6.09 Å². The van der Waals surface area contributed by atoms with Gasteiger partial charge in [0, 0.05) is 13.1 Å². The number of alkyl carbamates (subject to hydrolysis) is 1. The molecule has 0 aliphatic carbocycles. The lowest BCUT2D eigenvalue weighted by molar-refractivity contribution is 0.139. The summed E-state index contributed by atoms with van der Waals surface area (Å²) in [7, 11) is 0. The van der Waals surface area contributed by atoms with E-state index in [0.29, 0.717) is 24.2 Å². The number of halogens is 1. The quantitative estimate of drug-likeness (QED) is 0.479. The molecule has 6 nitrogen and oxygen atoms in total. The zero-order valence-electron chi connectivity index (χ0n) is 20.5. The van der Waals surface area contributed by atoms with Gasteiger partial charge in [0.1, 0.15) is 6.61 Å². The second-order valence-electron chi connectivity index (χ2n) is 8.02. The number of rotatable bonds is 5. The molecule has 0 aliphatic rings. The van der Waals surface area contributed by atoms with E-state index in [2.05, 4.69) is 17.5 Å². The maximum absolute atomic E-state index is 11.7. The van der Waals surface area contributed by atoms with Crippen molar-refractivity contribution in [1.29, 1.82) is 10.5 Å². The molecule has 7 heteroatoms. The Morgan fingerprint density at radius 3 is 1.74 bits per heavy atom. The Labute approximate surface area is 213 Å². The lowest BCUT2D eigenvalue weighted by Crippen LogP contribution is -2.24. The van der Waals surface area contributed by atoms with Crippen LogP contribution in [0, 0.1) is 50.4 Å². The number of aryl methyl sites for hydroxylation is 4. The van der Waals surface area contributed by atoms with Gasteiger partial charge in [-0.25, -0.2) is 4.79 Å². The van der Waals surface area contributed by atoms with E-state index >= 15 is 0 Å². The maximum Gasteiger partial charge on any atom is 0.407 e. The van der Waals surface area contributed by atoms with E-state index in [1.165, 1.54) is 0 Å². The van der Waals surface area contributed by atoms with E-state index in [1.54, 1.807) is 0 Å². The number of carbonyl (C=O) groups is 1. The summed E-state index contributed by atoms with van der Waals surface area (Å²) in [5, 5.41) is 20.3. The number of hydrogen-bond donors (Lipinski definition) is 2. The van der Waals surface area contributed by atoms with E-state index in [1.807, 2.05) is 82.3 Å². The molecule has 0 fully saturated rings. The van der Waals surface area contributed by atoms with Gasteiger partial charge in [0.25, 0.3) is 0 Å². The van der Waals surface area contributed by atoms with Gasteiger partial charge in [-0.2, -0.15) is 10.5 Å². The molecular weight excluding hydrogens is 460 g/mol. The van der Waals surface area contributed by atoms with Crippen molar-refractivity contribution in [1.82, 2.24) is 5.32 Å². The third-order valence-electron chi connectivity index (χ3n) is 5.48. The fraction of sp³-hybridized carbons (Fsp3) is 0.250. The average molecular weight is 491 g/mol. The molecule has 35 heavy (non-hydrogen) atoms. The van der Waals surface area contributed by atoms with Crippen LogP contribution in [0.25, 0.3) is 0 Å². The Kier molecular flexibility index (Phi) is 12.0. The topological polar surface area (TPSA) is 112 Å². The molecule has 0 aromatic heterocycles. The minimum atomic E-state index is -0.452. The van der Waals surface area contributed by atoms with Crippen molar-refractivity contribution in [2.45, 2.75) is 47.4 Å². The fourth-order valence-electron chi connectivity index (χ4n) is 3.65. The zero-order valence-corrected chi connectivity index (χ0v) is 21.3. The summed E-state index contributed by atoms with van der Waals surface area (Å²) in [5.41, 5.74) is 14.2. The van der Waals surface area contributed by atoms with Crippen LogP contribution in [0.5, 0.6) is 0 Å². The van der Waals surface area contributed by atoms with Gasteiger partial charge in [-0.1, -0.05) is 30.3 Å². The summed E-state index contributed by atoms with van der Waals surface area (Å²) in [6, 6.07) is 21.2. The first kappa shape index (κ1) is 29.2. The number of nitrogens with zero attached hydrogens (tertiary/aromatic N) is 2. The highest BCUT2D eigenvalue weighted by molar-refractivity contribution is 5.85. The van der Waals surface area contributed by atoms with Gasteiger partial charge in [-0.3, -0.25) is 0 Å². The van der Waals surface area contributed by atoms with E-state index in [-0.39, 0.29) is 19.0 Å². The third-order valence-corrected chi connectivity index (χ3v) is 5.48. The van der Waals surface area contributed by atoms with Crippen LogP contribution < -0.4 is 11.1 Å². The molecule has 3 aromatic rings. The standard InChI is InChI=1S/C18H18N2O2.C10H12N2.ClH/c1-13-8-16(10-19)9-14(2)17(13)11-20-18(21)22-12-15-6-4-3-5-7-15;1-7-3-9(5-11)4-8(2)10(7)6-12;/h3-9H,11-12H2,1-2H3,(H,20,21);3-4H,6,12H2,1-2H3;1H. The summed E-state index contributed by atoms with van der Waals surface area (Å²) >= 11 is 0. The van der Waals surface area contributed by atoms with E-state index in [0.717, 1.165) is 38.9 Å². The predicted molar refractivity (Wildman–Crippen MR) is 140 cm³/mol. The highest BCUT2D eigenvalue weighted by atomic mass is 35.5. The minimum absolute atomic E-state index is 0. The smallest absolute Gasteiger partial charge is 0.407 e. The van der Waals surface area contributed by atoms with Crippen LogP contribution in [0.4, 0.5) is 4.79 Å². The van der Waals surface area contributed by atoms with Crippen molar-refractivity contribution in [2.75, 3.05) is 0 Å². The van der Waals surface area contributed by atoms with Crippen LogP contribution >= 0.6 is 12.4 Å². The number of nitrogens with one attached hydrogen (secondary N) is 1. The second-order valence-corrected chi connectivity index (χ2v) is 8.02. The molecule has 0 saturated heterocycles. The first-order valence-electron chi connectivity index (χ1n) is 10.9. The van der Waals surface area contributed by atoms with Gasteiger partial charge in [0.2, 0.25) is 0 Å². The number of amides is 1. The molecule has 0 radical (unpaired) electrons. The van der Waals surface area contributed by atoms with Gasteiger partial charge < -0.3 is 15.8 Å². The summed E-state index contributed by atoms with van der Waals surface area (Å²) in [6.07, 6.45) is -0.452. The van der Waals surface area contributed by atoms with Crippen molar-refractivity contribution in [3.8, 4) is 12.1 Å². The molecule has 182 valence electrons. The monoisotopic (exact) mass is 490 g/mol. The van der Waals surface area contributed by atoms with Crippen molar-refractivity contribution < 1.29 is 9.53 Å². The first-order valence-corrected chi connectivity index (χ1v) is 10.9. The lowest BCUT2D eigenvalue weighted by atomic mass is 10.00. The summed E-state index contributed by atoms with van der Waals surface area (Å²) in [4.78, 5) is 11.7. The Morgan fingerprint density at radius 1 is 0.857 bits per heavy atom. The van der Waals surface area contributed by atoms with Crippen LogP contribution in [0.1, 0.15) is 50.1 Å². The molecule has 0 aliphatic heterocycles. The Morgan fingerprint density at radius 2 is 1.31 bits per heavy atom. The Hall–Kier alpha value is -3.84. The van der Waals surface area contributed by atoms with E-state index in [9.17, 15) is 4.79 Å². The number of carbonyl (C=O) groups excluding carboxylic acids is 1. The van der Waals surface area contributed by atoms with Gasteiger partial charge in [-0.15, -0.1) is 12.4 Å². The minimum Gasteiger partial charge on any atom is -0.445 e. The van der Waals surface area contributed by atoms with Crippen LogP contribution in [0.2, 0.25) is 0 Å². The maximum atomic E-state index is 11.7. The van der Waals surface area contributed by atoms with Crippen LogP contribution in [-0.2, 0) is 24.4 Å². The van der Waals surface area contributed by atoms with Crippen molar-refractivity contribution >= 4 is 18.5 Å². The molecule has 1 amide bonds. The molecule has 3 N–H and O–H groups in total. The molecule has 0 heterocycles. The Balaban J connectivity index is 0.000000401. The van der Waals surface area contributed by atoms with Crippen LogP contribution in [0.15, 0.2) is 54.6 Å². The third kappa shape index (κ3) is 8.79. The highest BCUT2D eigenvalue weighted by Gasteiger charge is 2.08. The number of nitrogens with two attached hydrogens (primary N) is 1.